The molecular weight excluding hydrogens is 186 g/mol. The highest BCUT2D eigenvalue weighted by Gasteiger charge is 1.99. The van der Waals surface area contributed by atoms with Crippen LogP contribution in [0.15, 0.2) is 41.7 Å². The van der Waals surface area contributed by atoms with Gasteiger partial charge in [-0.05, 0) is 17.5 Å². The van der Waals surface area contributed by atoms with Crippen molar-refractivity contribution in [1.82, 2.24) is 4.98 Å². The molecule has 1 aromatic carbocycles. The lowest BCUT2D eigenvalue weighted by atomic mass is 10.1. The van der Waals surface area contributed by atoms with Crippen LogP contribution in [0.5, 0.6) is 0 Å². The molecule has 0 aliphatic carbocycles. The fourth-order valence-electron chi connectivity index (χ4n) is 1.43. The largest absolute Gasteiger partial charge is 0.387 e. The van der Waals surface area contributed by atoms with Gasteiger partial charge in [-0.3, -0.25) is 4.98 Å². The molecule has 0 fully saturated rings. The predicted octanol–water partition coefficient (Wildman–Crippen LogP) is 2.63. The van der Waals surface area contributed by atoms with E-state index in [1.165, 1.54) is 0 Å². The van der Waals surface area contributed by atoms with Gasteiger partial charge in [0.25, 0.3) is 0 Å². The maximum Gasteiger partial charge on any atom is 0.0993 e. The molecule has 1 heterocycles. The molecule has 2 N–H and O–H groups in total. The van der Waals surface area contributed by atoms with Crippen molar-refractivity contribution >= 4 is 22.3 Å². The smallest absolute Gasteiger partial charge is 0.0993 e. The first-order valence-electron chi connectivity index (χ1n) is 4.97. The minimum absolute atomic E-state index is 0.645. The van der Waals surface area contributed by atoms with E-state index in [0.717, 1.165) is 22.9 Å². The third kappa shape index (κ3) is 1.96. The Morgan fingerprint density at radius 1 is 1.40 bits per heavy atom. The van der Waals surface area contributed by atoms with Crippen molar-refractivity contribution < 1.29 is 0 Å². The summed E-state index contributed by atoms with van der Waals surface area (Å²) in [4.78, 5) is 8.46. The number of rotatable bonds is 2. The predicted molar refractivity (Wildman–Crippen MR) is 63.3 cm³/mol. The second kappa shape index (κ2) is 4.09. The lowest BCUT2D eigenvalue weighted by molar-refractivity contribution is 1.24. The number of nitrogens with zero attached hydrogens (tertiary/aromatic N) is 2. The third-order valence-corrected chi connectivity index (χ3v) is 2.29. The topological polar surface area (TPSA) is 51.3 Å². The fourth-order valence-corrected chi connectivity index (χ4v) is 1.43. The first kappa shape index (κ1) is 9.65. The van der Waals surface area contributed by atoms with Crippen LogP contribution >= 0.6 is 0 Å². The van der Waals surface area contributed by atoms with E-state index in [4.69, 9.17) is 5.73 Å². The van der Waals surface area contributed by atoms with Crippen LogP contribution in [0.3, 0.4) is 0 Å². The summed E-state index contributed by atoms with van der Waals surface area (Å²) in [5, 5.41) is 2.17. The van der Waals surface area contributed by atoms with Gasteiger partial charge in [0.05, 0.1) is 11.5 Å². The van der Waals surface area contributed by atoms with Crippen molar-refractivity contribution in [1.29, 1.82) is 0 Å². The van der Waals surface area contributed by atoms with E-state index in [2.05, 4.69) is 9.98 Å². The number of aromatic nitrogens is 1. The molecule has 0 aliphatic rings. The molecule has 2 aromatic rings. The van der Waals surface area contributed by atoms with E-state index in [1.807, 2.05) is 37.4 Å². The molecule has 0 spiro atoms. The van der Waals surface area contributed by atoms with Crippen LogP contribution in [-0.2, 0) is 0 Å². The zero-order valence-corrected chi connectivity index (χ0v) is 8.64. The SMILES string of the molecule is CCC(N)=Nc1cccc2ccncc12. The van der Waals surface area contributed by atoms with Crippen molar-refractivity contribution in [2.75, 3.05) is 0 Å². The Balaban J connectivity index is 2.61. The Kier molecular flexibility index (Phi) is 2.63. The molecule has 3 heteroatoms. The highest BCUT2D eigenvalue weighted by molar-refractivity contribution is 5.95. The van der Waals surface area contributed by atoms with Gasteiger partial charge in [-0.15, -0.1) is 0 Å². The Morgan fingerprint density at radius 2 is 2.27 bits per heavy atom. The second-order valence-electron chi connectivity index (χ2n) is 3.33. The summed E-state index contributed by atoms with van der Waals surface area (Å²) in [6, 6.07) is 7.94. The first-order chi connectivity index (χ1) is 7.31. The van der Waals surface area contributed by atoms with Crippen molar-refractivity contribution in [2.24, 2.45) is 10.7 Å². The van der Waals surface area contributed by atoms with Crippen molar-refractivity contribution in [3.63, 3.8) is 0 Å². The molecule has 0 saturated heterocycles. The number of fused-ring (bicyclic) bond motifs is 1. The zero-order valence-electron chi connectivity index (χ0n) is 8.64. The third-order valence-electron chi connectivity index (χ3n) is 2.29. The number of pyridine rings is 1. The highest BCUT2D eigenvalue weighted by Crippen LogP contribution is 2.24. The molecule has 1 aromatic heterocycles. The van der Waals surface area contributed by atoms with Crippen molar-refractivity contribution in [3.8, 4) is 0 Å². The van der Waals surface area contributed by atoms with Crippen LogP contribution in [-0.4, -0.2) is 10.8 Å². The van der Waals surface area contributed by atoms with Crippen LogP contribution < -0.4 is 5.73 Å². The second-order valence-corrected chi connectivity index (χ2v) is 3.33. The van der Waals surface area contributed by atoms with Crippen LogP contribution in [0, 0.1) is 0 Å². The van der Waals surface area contributed by atoms with Crippen LogP contribution in [0.1, 0.15) is 13.3 Å². The number of benzene rings is 1. The molecule has 0 aliphatic heterocycles. The van der Waals surface area contributed by atoms with Gasteiger partial charge in [0, 0.05) is 24.2 Å². The van der Waals surface area contributed by atoms with E-state index in [9.17, 15) is 0 Å². The summed E-state index contributed by atoms with van der Waals surface area (Å²) in [7, 11) is 0. The maximum absolute atomic E-state index is 5.73. The molecule has 0 bridgehead atoms. The molecule has 0 atom stereocenters. The lowest BCUT2D eigenvalue weighted by Crippen LogP contribution is -2.08. The Morgan fingerprint density at radius 3 is 3.07 bits per heavy atom. The standard InChI is InChI=1S/C12H13N3/c1-2-12(13)15-11-5-3-4-9-6-7-14-8-10(9)11/h3-8H,2H2,1H3,(H2,13,15). The van der Waals surface area contributed by atoms with Gasteiger partial charge in [0.1, 0.15) is 0 Å². The highest BCUT2D eigenvalue weighted by atomic mass is 14.9. The molecule has 15 heavy (non-hydrogen) atoms. The maximum atomic E-state index is 5.73. The molecule has 0 radical (unpaired) electrons. The summed E-state index contributed by atoms with van der Waals surface area (Å²) in [6.45, 7) is 1.99. The Bertz CT molecular complexity index is 498. The van der Waals surface area contributed by atoms with Gasteiger partial charge < -0.3 is 5.73 Å². The summed E-state index contributed by atoms with van der Waals surface area (Å²) >= 11 is 0. The molecule has 0 saturated carbocycles. The van der Waals surface area contributed by atoms with Gasteiger partial charge in [-0.1, -0.05) is 19.1 Å². The molecule has 76 valence electrons. The summed E-state index contributed by atoms with van der Waals surface area (Å²) in [6.07, 6.45) is 4.35. The van der Waals surface area contributed by atoms with Gasteiger partial charge in [0.2, 0.25) is 0 Å². The molecule has 0 unspecified atom stereocenters. The number of hydrogen-bond donors (Lipinski definition) is 1. The lowest BCUT2D eigenvalue weighted by Gasteiger charge is -2.01. The van der Waals surface area contributed by atoms with Gasteiger partial charge >= 0.3 is 0 Å². The van der Waals surface area contributed by atoms with E-state index in [0.29, 0.717) is 5.84 Å². The zero-order chi connectivity index (χ0) is 10.7. The Labute approximate surface area is 88.7 Å². The fraction of sp³-hybridized carbons (Fsp3) is 0.167. The van der Waals surface area contributed by atoms with Crippen LogP contribution in [0.2, 0.25) is 0 Å². The minimum Gasteiger partial charge on any atom is -0.387 e. The minimum atomic E-state index is 0.645. The Hall–Kier alpha value is -1.90. The van der Waals surface area contributed by atoms with Gasteiger partial charge in [0.15, 0.2) is 0 Å². The molecular formula is C12H13N3. The van der Waals surface area contributed by atoms with E-state index in [1.54, 1.807) is 6.20 Å². The van der Waals surface area contributed by atoms with E-state index in [-0.39, 0.29) is 0 Å². The van der Waals surface area contributed by atoms with Crippen molar-refractivity contribution in [2.45, 2.75) is 13.3 Å². The summed E-state index contributed by atoms with van der Waals surface area (Å²) in [5.74, 6) is 0.645. The number of nitrogens with two attached hydrogens (primary N) is 1. The molecule has 0 amide bonds. The van der Waals surface area contributed by atoms with E-state index >= 15 is 0 Å². The van der Waals surface area contributed by atoms with E-state index < -0.39 is 0 Å². The number of aliphatic imine (C=N–C) groups is 1. The molecule has 2 rings (SSSR count). The quantitative estimate of drug-likeness (QED) is 0.597. The van der Waals surface area contributed by atoms with Gasteiger partial charge in [-0.2, -0.15) is 0 Å². The number of hydrogen-bond acceptors (Lipinski definition) is 2. The average Bonchev–Trinajstić information content (AvgIpc) is 2.29. The number of amidine groups is 1. The summed E-state index contributed by atoms with van der Waals surface area (Å²) in [5.41, 5.74) is 6.61. The van der Waals surface area contributed by atoms with Crippen LogP contribution in [0.4, 0.5) is 5.69 Å². The van der Waals surface area contributed by atoms with Gasteiger partial charge in [-0.25, -0.2) is 4.99 Å². The molecule has 3 nitrogen and oxygen atoms in total. The van der Waals surface area contributed by atoms with Crippen LogP contribution in [0.25, 0.3) is 10.8 Å². The van der Waals surface area contributed by atoms with Crippen molar-refractivity contribution in [3.05, 3.63) is 36.7 Å². The normalized spacial score (nSPS) is 11.9. The summed E-state index contributed by atoms with van der Waals surface area (Å²) < 4.78 is 0. The monoisotopic (exact) mass is 199 g/mol. The average molecular weight is 199 g/mol. The first-order valence-corrected chi connectivity index (χ1v) is 4.97.